The Balaban J connectivity index is 2.86. The van der Waals surface area contributed by atoms with Gasteiger partial charge in [-0.1, -0.05) is 0 Å². The predicted molar refractivity (Wildman–Crippen MR) is 68.9 cm³/mol. The van der Waals surface area contributed by atoms with E-state index >= 15 is 0 Å². The highest BCUT2D eigenvalue weighted by Crippen LogP contribution is 2.23. The fourth-order valence-electron chi connectivity index (χ4n) is 1.23. The van der Waals surface area contributed by atoms with Gasteiger partial charge in [-0.25, -0.2) is 4.39 Å². The highest BCUT2D eigenvalue weighted by atomic mass is 79.9. The molecule has 0 heterocycles. The zero-order chi connectivity index (χ0) is 13.0. The zero-order valence-corrected chi connectivity index (χ0v) is 10.8. The van der Waals surface area contributed by atoms with Gasteiger partial charge in [-0.2, -0.15) is 0 Å². The molecule has 3 N–H and O–H groups in total. The first-order valence-corrected chi connectivity index (χ1v) is 5.70. The van der Waals surface area contributed by atoms with E-state index in [-0.39, 0.29) is 6.42 Å². The predicted octanol–water partition coefficient (Wildman–Crippen LogP) is 2.19. The van der Waals surface area contributed by atoms with Crippen molar-refractivity contribution in [2.75, 3.05) is 5.32 Å². The lowest BCUT2D eigenvalue weighted by Gasteiger charge is -2.12. The van der Waals surface area contributed by atoms with Gasteiger partial charge in [-0.05, 0) is 40.5 Å². The monoisotopic (exact) mass is 298 g/mol. The molecular formula is C12H12BrFN2O. The summed E-state index contributed by atoms with van der Waals surface area (Å²) in [7, 11) is 0. The van der Waals surface area contributed by atoms with Crippen LogP contribution in [-0.2, 0) is 4.79 Å². The van der Waals surface area contributed by atoms with E-state index in [0.29, 0.717) is 10.2 Å². The van der Waals surface area contributed by atoms with Crippen molar-refractivity contribution in [3.63, 3.8) is 0 Å². The molecule has 1 unspecified atom stereocenters. The van der Waals surface area contributed by atoms with E-state index < -0.39 is 17.8 Å². The molecule has 0 spiro atoms. The molecule has 1 rings (SSSR count). The van der Waals surface area contributed by atoms with Crippen LogP contribution in [0.25, 0.3) is 0 Å². The molecule has 0 aliphatic rings. The zero-order valence-electron chi connectivity index (χ0n) is 9.26. The summed E-state index contributed by atoms with van der Waals surface area (Å²) in [5.74, 6) is 1.43. The highest BCUT2D eigenvalue weighted by molar-refractivity contribution is 9.10. The SMILES string of the molecule is C#CCC(N)C(=O)Nc1cc(F)c(Br)cc1C. The van der Waals surface area contributed by atoms with Crippen molar-refractivity contribution < 1.29 is 9.18 Å². The van der Waals surface area contributed by atoms with Gasteiger partial charge in [0.25, 0.3) is 0 Å². The summed E-state index contributed by atoms with van der Waals surface area (Å²) in [6, 6.07) is 2.03. The van der Waals surface area contributed by atoms with Gasteiger partial charge in [-0.3, -0.25) is 4.79 Å². The maximum absolute atomic E-state index is 13.3. The topological polar surface area (TPSA) is 55.1 Å². The summed E-state index contributed by atoms with van der Waals surface area (Å²) in [5, 5.41) is 2.54. The number of terminal acetylenes is 1. The number of benzene rings is 1. The molecule has 1 amide bonds. The minimum absolute atomic E-state index is 0.143. The molecule has 0 fully saturated rings. The van der Waals surface area contributed by atoms with Gasteiger partial charge < -0.3 is 11.1 Å². The van der Waals surface area contributed by atoms with Gasteiger partial charge in [0, 0.05) is 12.1 Å². The van der Waals surface area contributed by atoms with Gasteiger partial charge >= 0.3 is 0 Å². The standard InChI is InChI=1S/C12H12BrFN2O/c1-3-4-10(15)12(17)16-11-6-9(14)8(13)5-7(11)2/h1,5-6,10H,4,15H2,2H3,(H,16,17). The fraction of sp³-hybridized carbons (Fsp3) is 0.250. The van der Waals surface area contributed by atoms with Gasteiger partial charge in [0.2, 0.25) is 5.91 Å². The number of nitrogens with one attached hydrogen (secondary N) is 1. The molecule has 3 nitrogen and oxygen atoms in total. The second kappa shape index (κ2) is 5.80. The Bertz CT molecular complexity index is 482. The highest BCUT2D eigenvalue weighted by Gasteiger charge is 2.14. The van der Waals surface area contributed by atoms with E-state index in [1.165, 1.54) is 6.07 Å². The third-order valence-corrected chi connectivity index (χ3v) is 2.81. The van der Waals surface area contributed by atoms with Crippen LogP contribution in [0.4, 0.5) is 10.1 Å². The van der Waals surface area contributed by atoms with Crippen molar-refractivity contribution in [1.82, 2.24) is 0 Å². The molecule has 0 aliphatic carbocycles. The fourth-order valence-corrected chi connectivity index (χ4v) is 1.68. The Labute approximate surface area is 108 Å². The first kappa shape index (κ1) is 13.7. The van der Waals surface area contributed by atoms with E-state index in [2.05, 4.69) is 27.2 Å². The average Bonchev–Trinajstić information content (AvgIpc) is 2.26. The van der Waals surface area contributed by atoms with Crippen molar-refractivity contribution in [3.05, 3.63) is 28.0 Å². The lowest BCUT2D eigenvalue weighted by molar-refractivity contribution is -0.117. The minimum atomic E-state index is -0.786. The Morgan fingerprint density at radius 3 is 2.94 bits per heavy atom. The summed E-state index contributed by atoms with van der Waals surface area (Å²) in [5.41, 5.74) is 6.66. The summed E-state index contributed by atoms with van der Waals surface area (Å²) < 4.78 is 13.6. The van der Waals surface area contributed by atoms with Crippen molar-refractivity contribution in [1.29, 1.82) is 0 Å². The Kier molecular flexibility index (Phi) is 4.67. The molecule has 1 aromatic carbocycles. The molecule has 1 aromatic rings. The van der Waals surface area contributed by atoms with Crippen LogP contribution in [0.1, 0.15) is 12.0 Å². The van der Waals surface area contributed by atoms with Crippen LogP contribution in [0.15, 0.2) is 16.6 Å². The van der Waals surface area contributed by atoms with Crippen LogP contribution in [0.5, 0.6) is 0 Å². The third kappa shape index (κ3) is 3.55. The smallest absolute Gasteiger partial charge is 0.242 e. The number of anilines is 1. The number of rotatable bonds is 3. The molecule has 0 bridgehead atoms. The normalized spacial score (nSPS) is 11.7. The number of amides is 1. The van der Waals surface area contributed by atoms with E-state index in [9.17, 15) is 9.18 Å². The van der Waals surface area contributed by atoms with Gasteiger partial charge in [0.15, 0.2) is 0 Å². The van der Waals surface area contributed by atoms with E-state index in [1.54, 1.807) is 13.0 Å². The molecule has 0 aliphatic heterocycles. The second-order valence-corrected chi connectivity index (χ2v) is 4.44. The largest absolute Gasteiger partial charge is 0.324 e. The molecule has 17 heavy (non-hydrogen) atoms. The van der Waals surface area contributed by atoms with Gasteiger partial charge in [0.1, 0.15) is 5.82 Å². The van der Waals surface area contributed by atoms with Gasteiger partial charge in [-0.15, -0.1) is 12.3 Å². The third-order valence-electron chi connectivity index (χ3n) is 2.20. The number of halogens is 2. The van der Waals surface area contributed by atoms with E-state index in [0.717, 1.165) is 5.56 Å². The molecule has 0 saturated heterocycles. The van der Waals surface area contributed by atoms with Crippen LogP contribution in [0, 0.1) is 25.1 Å². The average molecular weight is 299 g/mol. The Morgan fingerprint density at radius 1 is 1.71 bits per heavy atom. The maximum Gasteiger partial charge on any atom is 0.242 e. The quantitative estimate of drug-likeness (QED) is 0.841. The van der Waals surface area contributed by atoms with E-state index in [1.807, 2.05) is 0 Å². The first-order valence-electron chi connectivity index (χ1n) is 4.91. The van der Waals surface area contributed by atoms with Crippen molar-refractivity contribution in [2.24, 2.45) is 5.73 Å². The van der Waals surface area contributed by atoms with Gasteiger partial charge in [0.05, 0.1) is 10.5 Å². The van der Waals surface area contributed by atoms with Crippen LogP contribution in [0.3, 0.4) is 0 Å². The Morgan fingerprint density at radius 2 is 2.35 bits per heavy atom. The molecule has 0 radical (unpaired) electrons. The van der Waals surface area contributed by atoms with E-state index in [4.69, 9.17) is 12.2 Å². The molecule has 0 saturated carbocycles. The molecular weight excluding hydrogens is 287 g/mol. The molecule has 0 aromatic heterocycles. The first-order chi connectivity index (χ1) is 7.95. The van der Waals surface area contributed by atoms with Crippen LogP contribution < -0.4 is 11.1 Å². The lowest BCUT2D eigenvalue weighted by atomic mass is 10.1. The number of aryl methyl sites for hydroxylation is 1. The minimum Gasteiger partial charge on any atom is -0.324 e. The second-order valence-electron chi connectivity index (χ2n) is 3.59. The molecule has 5 heteroatoms. The summed E-state index contributed by atoms with van der Waals surface area (Å²) in [6.07, 6.45) is 5.20. The summed E-state index contributed by atoms with van der Waals surface area (Å²) in [4.78, 5) is 11.6. The van der Waals surface area contributed by atoms with Crippen molar-refractivity contribution in [3.8, 4) is 12.3 Å². The Hall–Kier alpha value is -1.38. The van der Waals surface area contributed by atoms with Crippen molar-refractivity contribution in [2.45, 2.75) is 19.4 Å². The van der Waals surface area contributed by atoms with Crippen molar-refractivity contribution >= 4 is 27.5 Å². The van der Waals surface area contributed by atoms with Crippen LogP contribution in [-0.4, -0.2) is 11.9 Å². The molecule has 90 valence electrons. The number of nitrogens with two attached hydrogens (primary N) is 1. The maximum atomic E-state index is 13.3. The van der Waals surface area contributed by atoms with Crippen LogP contribution >= 0.6 is 15.9 Å². The summed E-state index contributed by atoms with van der Waals surface area (Å²) in [6.45, 7) is 1.76. The summed E-state index contributed by atoms with van der Waals surface area (Å²) >= 11 is 3.06. The van der Waals surface area contributed by atoms with Crippen LogP contribution in [0.2, 0.25) is 0 Å². The number of carbonyl (C=O) groups is 1. The number of hydrogen-bond donors (Lipinski definition) is 2. The number of carbonyl (C=O) groups excluding carboxylic acids is 1. The molecule has 1 atom stereocenters. The number of hydrogen-bond acceptors (Lipinski definition) is 2. The lowest BCUT2D eigenvalue weighted by Crippen LogP contribution is -2.35.